The molecule has 0 aliphatic carbocycles. The molecule has 5 nitrogen and oxygen atoms in total. The van der Waals surface area contributed by atoms with Crippen molar-refractivity contribution in [3.8, 4) is 0 Å². The monoisotopic (exact) mass is 491 g/mol. The maximum absolute atomic E-state index is 12.3. The Morgan fingerprint density at radius 1 is 1.33 bits per heavy atom. The van der Waals surface area contributed by atoms with E-state index in [1.807, 2.05) is 11.0 Å². The first-order valence-corrected chi connectivity index (χ1v) is 9.79. The molecule has 9 heteroatoms. The van der Waals surface area contributed by atoms with Gasteiger partial charge in [-0.1, -0.05) is 11.6 Å². The van der Waals surface area contributed by atoms with Gasteiger partial charge in [0.1, 0.15) is 0 Å². The van der Waals surface area contributed by atoms with Crippen LogP contribution >= 0.6 is 54.8 Å². The van der Waals surface area contributed by atoms with Gasteiger partial charge in [-0.25, -0.2) is 0 Å². The summed E-state index contributed by atoms with van der Waals surface area (Å²) in [6.07, 6.45) is 0. The minimum atomic E-state index is -0.201. The number of nitrogens with one attached hydrogen (secondary N) is 2. The molecular weight excluding hydrogens is 482 g/mol. The predicted molar refractivity (Wildman–Crippen MR) is 104 cm³/mol. The number of anilines is 2. The summed E-state index contributed by atoms with van der Waals surface area (Å²) in [5, 5.41) is 6.10. The third-order valence-electron chi connectivity index (χ3n) is 3.45. The Morgan fingerprint density at radius 2 is 2.12 bits per heavy atom. The highest BCUT2D eigenvalue weighted by molar-refractivity contribution is 9.13. The second kappa shape index (κ2) is 7.43. The van der Waals surface area contributed by atoms with E-state index in [9.17, 15) is 9.59 Å². The topological polar surface area (TPSA) is 61.4 Å². The lowest BCUT2D eigenvalue weighted by atomic mass is 10.2. The molecule has 0 atom stereocenters. The van der Waals surface area contributed by atoms with E-state index in [4.69, 9.17) is 11.6 Å². The molecule has 1 aromatic heterocycles. The average molecular weight is 494 g/mol. The van der Waals surface area contributed by atoms with Gasteiger partial charge in [0.15, 0.2) is 0 Å². The molecule has 2 amide bonds. The van der Waals surface area contributed by atoms with E-state index < -0.39 is 0 Å². The number of hydrogen-bond donors (Lipinski definition) is 2. The molecule has 0 unspecified atom stereocenters. The maximum Gasteiger partial charge on any atom is 0.265 e. The van der Waals surface area contributed by atoms with E-state index in [1.54, 1.807) is 18.2 Å². The second-order valence-corrected chi connectivity index (χ2v) is 8.76. The van der Waals surface area contributed by atoms with Crippen LogP contribution in [0.25, 0.3) is 0 Å². The first-order chi connectivity index (χ1) is 11.4. The lowest BCUT2D eigenvalue weighted by Crippen LogP contribution is -2.47. The second-order valence-electron chi connectivity index (χ2n) is 5.12. The number of carbonyl (C=O) groups excluding carboxylic acids is 2. The van der Waals surface area contributed by atoms with Gasteiger partial charge in [0.25, 0.3) is 5.91 Å². The smallest absolute Gasteiger partial charge is 0.265 e. The first-order valence-electron chi connectivity index (χ1n) is 7.01. The summed E-state index contributed by atoms with van der Waals surface area (Å²) in [6, 6.07) is 7.05. The van der Waals surface area contributed by atoms with E-state index in [-0.39, 0.29) is 18.4 Å². The van der Waals surface area contributed by atoms with Crippen LogP contribution in [0.3, 0.4) is 0 Å². The number of carbonyl (C=O) groups is 2. The Labute approximate surface area is 164 Å². The van der Waals surface area contributed by atoms with Crippen LogP contribution in [0.4, 0.5) is 11.4 Å². The van der Waals surface area contributed by atoms with Gasteiger partial charge in [0, 0.05) is 23.2 Å². The van der Waals surface area contributed by atoms with Crippen LogP contribution in [0.2, 0.25) is 5.02 Å². The molecule has 24 heavy (non-hydrogen) atoms. The number of halogens is 3. The van der Waals surface area contributed by atoms with Gasteiger partial charge in [-0.15, -0.1) is 11.3 Å². The van der Waals surface area contributed by atoms with E-state index >= 15 is 0 Å². The number of benzene rings is 1. The Kier molecular flexibility index (Phi) is 5.49. The Hall–Kier alpha value is -1.09. The van der Waals surface area contributed by atoms with E-state index in [0.29, 0.717) is 28.7 Å². The lowest BCUT2D eigenvalue weighted by molar-refractivity contribution is -0.120. The number of amides is 2. The quantitative estimate of drug-likeness (QED) is 0.677. The molecule has 126 valence electrons. The molecule has 1 saturated heterocycles. The van der Waals surface area contributed by atoms with Gasteiger partial charge < -0.3 is 15.5 Å². The highest BCUT2D eigenvalue weighted by Crippen LogP contribution is 2.33. The van der Waals surface area contributed by atoms with Crippen molar-refractivity contribution >= 4 is 78.0 Å². The third kappa shape index (κ3) is 3.93. The number of piperazine rings is 1. The van der Waals surface area contributed by atoms with E-state index in [0.717, 1.165) is 13.9 Å². The van der Waals surface area contributed by atoms with Crippen molar-refractivity contribution < 1.29 is 9.59 Å². The predicted octanol–water partition coefficient (Wildman–Crippen LogP) is 4.12. The molecule has 0 bridgehead atoms. The Bertz CT molecular complexity index is 793. The molecule has 0 spiro atoms. The van der Waals surface area contributed by atoms with Crippen molar-refractivity contribution in [3.05, 3.63) is 42.4 Å². The van der Waals surface area contributed by atoms with Gasteiger partial charge in [-0.2, -0.15) is 0 Å². The minimum Gasteiger partial charge on any atom is -0.359 e. The number of hydrogen-bond acceptors (Lipinski definition) is 4. The van der Waals surface area contributed by atoms with Crippen LogP contribution < -0.4 is 15.5 Å². The van der Waals surface area contributed by atoms with Gasteiger partial charge in [-0.05, 0) is 56.1 Å². The highest BCUT2D eigenvalue weighted by atomic mass is 79.9. The number of nitrogens with zero attached hydrogens (tertiary/aromatic N) is 1. The molecule has 2 aromatic rings. The van der Waals surface area contributed by atoms with Crippen LogP contribution in [0.5, 0.6) is 0 Å². The zero-order valence-electron chi connectivity index (χ0n) is 12.2. The maximum atomic E-state index is 12.3. The van der Waals surface area contributed by atoms with Gasteiger partial charge in [0.05, 0.1) is 25.9 Å². The molecule has 1 aliphatic rings. The fourth-order valence-electron chi connectivity index (χ4n) is 2.34. The summed E-state index contributed by atoms with van der Waals surface area (Å²) in [4.78, 5) is 26.3. The van der Waals surface area contributed by atoms with Crippen molar-refractivity contribution in [1.29, 1.82) is 0 Å². The van der Waals surface area contributed by atoms with E-state index in [2.05, 4.69) is 42.5 Å². The molecule has 0 saturated carbocycles. The Morgan fingerprint density at radius 3 is 2.75 bits per heavy atom. The SMILES string of the molecule is O=C1CN(c2ccc(NC(=O)c3cc(Br)c(Br)s3)cc2Cl)CCN1. The van der Waals surface area contributed by atoms with Crippen LogP contribution in [0.1, 0.15) is 9.67 Å². The van der Waals surface area contributed by atoms with Gasteiger partial charge in [0.2, 0.25) is 5.91 Å². The fraction of sp³-hybridized carbons (Fsp3) is 0.200. The summed E-state index contributed by atoms with van der Waals surface area (Å²) in [5.41, 5.74) is 1.39. The van der Waals surface area contributed by atoms with Crippen molar-refractivity contribution in [1.82, 2.24) is 5.32 Å². The third-order valence-corrected chi connectivity index (χ3v) is 7.01. The summed E-state index contributed by atoms with van der Waals surface area (Å²) < 4.78 is 1.71. The molecule has 2 heterocycles. The molecular formula is C15H12Br2ClN3O2S. The van der Waals surface area contributed by atoms with Gasteiger partial charge in [-0.3, -0.25) is 9.59 Å². The van der Waals surface area contributed by atoms with Crippen molar-refractivity contribution in [3.63, 3.8) is 0 Å². The minimum absolute atomic E-state index is 0.0245. The average Bonchev–Trinajstić information content (AvgIpc) is 2.87. The van der Waals surface area contributed by atoms with Crippen LogP contribution in [-0.2, 0) is 4.79 Å². The fourth-order valence-corrected chi connectivity index (χ4v) is 4.57. The Balaban J connectivity index is 1.74. The number of rotatable bonds is 3. The van der Waals surface area contributed by atoms with Crippen LogP contribution in [-0.4, -0.2) is 31.4 Å². The number of thiophene rings is 1. The van der Waals surface area contributed by atoms with Crippen LogP contribution in [0.15, 0.2) is 32.5 Å². The largest absolute Gasteiger partial charge is 0.359 e. The molecule has 2 N–H and O–H groups in total. The first kappa shape index (κ1) is 17.7. The molecule has 1 aliphatic heterocycles. The van der Waals surface area contributed by atoms with E-state index in [1.165, 1.54) is 11.3 Å². The van der Waals surface area contributed by atoms with Crippen molar-refractivity contribution in [2.45, 2.75) is 0 Å². The zero-order valence-corrected chi connectivity index (χ0v) is 17.0. The highest BCUT2D eigenvalue weighted by Gasteiger charge is 2.19. The van der Waals surface area contributed by atoms with Crippen molar-refractivity contribution in [2.24, 2.45) is 0 Å². The van der Waals surface area contributed by atoms with Crippen molar-refractivity contribution in [2.75, 3.05) is 29.9 Å². The summed E-state index contributed by atoms with van der Waals surface area (Å²) in [5.74, 6) is -0.226. The standard InChI is InChI=1S/C15H12Br2ClN3O2S/c16-9-6-12(24-14(9)17)15(23)20-8-1-2-11(10(18)5-8)21-4-3-19-13(22)7-21/h1-2,5-6H,3-4,7H2,(H,19,22)(H,20,23). The summed E-state index contributed by atoms with van der Waals surface area (Å²) in [7, 11) is 0. The molecule has 1 aromatic carbocycles. The van der Waals surface area contributed by atoms with Crippen LogP contribution in [0, 0.1) is 0 Å². The van der Waals surface area contributed by atoms with Gasteiger partial charge >= 0.3 is 0 Å². The zero-order chi connectivity index (χ0) is 17.3. The summed E-state index contributed by atoms with van der Waals surface area (Å²) in [6.45, 7) is 1.58. The molecule has 3 rings (SSSR count). The lowest BCUT2D eigenvalue weighted by Gasteiger charge is -2.29. The normalized spacial score (nSPS) is 14.5. The molecule has 1 fully saturated rings. The summed E-state index contributed by atoms with van der Waals surface area (Å²) >= 11 is 14.4. The molecule has 0 radical (unpaired) electrons.